The lowest BCUT2D eigenvalue weighted by Gasteiger charge is -2.11. The van der Waals surface area contributed by atoms with Crippen LogP contribution in [0.2, 0.25) is 0 Å². The Labute approximate surface area is 198 Å². The maximum absolute atomic E-state index is 12.6. The zero-order valence-corrected chi connectivity index (χ0v) is 18.6. The van der Waals surface area contributed by atoms with E-state index in [0.29, 0.717) is 11.1 Å². The number of hydrogen-bond donors (Lipinski definition) is 2. The van der Waals surface area contributed by atoms with Gasteiger partial charge in [-0.25, -0.2) is 10.2 Å². The molecule has 0 radical (unpaired) electrons. The van der Waals surface area contributed by atoms with Gasteiger partial charge in [-0.3, -0.25) is 9.59 Å². The van der Waals surface area contributed by atoms with Crippen LogP contribution in [0.1, 0.15) is 34.0 Å². The molecule has 0 atom stereocenters. The summed E-state index contributed by atoms with van der Waals surface area (Å²) in [5.74, 6) is -2.63. The average molecular weight is 483 g/mol. The van der Waals surface area contributed by atoms with E-state index >= 15 is 0 Å². The minimum atomic E-state index is -4.52. The molecule has 0 aliphatic heterocycles. The van der Waals surface area contributed by atoms with E-state index in [-0.39, 0.29) is 17.1 Å². The monoisotopic (exact) mass is 483 g/mol. The number of hydrogen-bond acceptors (Lipinski definition) is 5. The van der Waals surface area contributed by atoms with Crippen LogP contribution in [0.3, 0.4) is 0 Å². The molecule has 0 unspecified atom stereocenters. The summed E-state index contributed by atoms with van der Waals surface area (Å²) in [7, 11) is 0. The predicted octanol–water partition coefficient (Wildman–Crippen LogP) is 4.71. The minimum Gasteiger partial charge on any atom is -0.422 e. The van der Waals surface area contributed by atoms with E-state index in [1.54, 1.807) is 55.5 Å². The molecule has 0 aromatic heterocycles. The van der Waals surface area contributed by atoms with Gasteiger partial charge in [-0.05, 0) is 61.9 Å². The summed E-state index contributed by atoms with van der Waals surface area (Å²) in [6.07, 6.45) is -4.52. The number of nitrogens with zero attached hydrogens (tertiary/aromatic N) is 1. The van der Waals surface area contributed by atoms with E-state index in [4.69, 9.17) is 4.74 Å². The molecule has 0 spiro atoms. The number of rotatable bonds is 5. The summed E-state index contributed by atoms with van der Waals surface area (Å²) in [4.78, 5) is 36.7. The molecular weight excluding hydrogens is 463 g/mol. The molecule has 7 nitrogen and oxygen atoms in total. The Kier molecular flexibility index (Phi) is 7.65. The van der Waals surface area contributed by atoms with Gasteiger partial charge in [0.2, 0.25) is 0 Å². The summed E-state index contributed by atoms with van der Waals surface area (Å²) in [5, 5.41) is 6.07. The van der Waals surface area contributed by atoms with Crippen molar-refractivity contribution in [2.75, 3.05) is 5.32 Å². The molecule has 0 aliphatic rings. The summed E-state index contributed by atoms with van der Waals surface area (Å²) in [5.41, 5.74) is 2.98. The topological polar surface area (TPSA) is 96.9 Å². The normalized spacial score (nSPS) is 11.5. The highest BCUT2D eigenvalue weighted by molar-refractivity contribution is 6.39. The van der Waals surface area contributed by atoms with Crippen molar-refractivity contribution in [1.82, 2.24) is 5.43 Å². The number of halogens is 3. The molecule has 180 valence electrons. The lowest BCUT2D eigenvalue weighted by Crippen LogP contribution is -2.33. The molecule has 3 aromatic rings. The minimum absolute atomic E-state index is 0.00677. The highest BCUT2D eigenvalue weighted by atomic mass is 19.4. The highest BCUT2D eigenvalue weighted by Crippen LogP contribution is 2.29. The van der Waals surface area contributed by atoms with Gasteiger partial charge >= 0.3 is 24.0 Å². The first-order valence-electron chi connectivity index (χ1n) is 10.3. The van der Waals surface area contributed by atoms with Gasteiger partial charge in [0, 0.05) is 11.3 Å². The van der Waals surface area contributed by atoms with Gasteiger partial charge in [0.25, 0.3) is 0 Å². The quantitative estimate of drug-likeness (QED) is 0.181. The fraction of sp³-hybridized carbons (Fsp3) is 0.120. The number of anilines is 1. The second-order valence-corrected chi connectivity index (χ2v) is 7.37. The number of nitrogens with one attached hydrogen (secondary N) is 2. The van der Waals surface area contributed by atoms with E-state index in [0.717, 1.165) is 29.8 Å². The zero-order chi connectivity index (χ0) is 25.6. The number of hydrazone groups is 1. The van der Waals surface area contributed by atoms with Crippen molar-refractivity contribution >= 4 is 29.2 Å². The Morgan fingerprint density at radius 2 is 1.43 bits per heavy atom. The summed E-state index contributed by atoms with van der Waals surface area (Å²) < 4.78 is 43.4. The maximum Gasteiger partial charge on any atom is 0.416 e. The first-order valence-corrected chi connectivity index (χ1v) is 10.3. The second-order valence-electron chi connectivity index (χ2n) is 7.37. The molecule has 0 bridgehead atoms. The number of carbonyl (C=O) groups excluding carboxylic acids is 3. The van der Waals surface area contributed by atoms with Gasteiger partial charge in [-0.2, -0.15) is 18.3 Å². The molecule has 10 heteroatoms. The van der Waals surface area contributed by atoms with Crippen molar-refractivity contribution < 1.29 is 32.3 Å². The van der Waals surface area contributed by atoms with Crippen LogP contribution in [0.5, 0.6) is 5.75 Å². The van der Waals surface area contributed by atoms with E-state index in [2.05, 4.69) is 15.8 Å². The molecular formula is C25H20F3N3O4. The van der Waals surface area contributed by atoms with Crippen LogP contribution in [0, 0.1) is 6.92 Å². The third kappa shape index (κ3) is 6.53. The lowest BCUT2D eigenvalue weighted by atomic mass is 10.1. The number of carbonyl (C=O) groups is 3. The fourth-order valence-corrected chi connectivity index (χ4v) is 2.99. The SMILES string of the molecule is CC(=NNC(=O)C(=O)Nc1ccc(C(F)(F)F)cc1)c1ccccc1OC(=O)c1ccccc1C. The molecule has 0 aliphatic carbocycles. The van der Waals surface area contributed by atoms with E-state index < -0.39 is 29.5 Å². The van der Waals surface area contributed by atoms with Crippen LogP contribution >= 0.6 is 0 Å². The van der Waals surface area contributed by atoms with E-state index in [1.165, 1.54) is 6.92 Å². The van der Waals surface area contributed by atoms with Gasteiger partial charge in [-0.1, -0.05) is 30.3 Å². The van der Waals surface area contributed by atoms with Crippen molar-refractivity contribution in [2.45, 2.75) is 20.0 Å². The highest BCUT2D eigenvalue weighted by Gasteiger charge is 2.30. The Morgan fingerprint density at radius 1 is 0.829 bits per heavy atom. The molecule has 0 heterocycles. The summed E-state index contributed by atoms with van der Waals surface area (Å²) >= 11 is 0. The van der Waals surface area contributed by atoms with Gasteiger partial charge in [-0.15, -0.1) is 0 Å². The lowest BCUT2D eigenvalue weighted by molar-refractivity contribution is -0.137. The van der Waals surface area contributed by atoms with Crippen molar-refractivity contribution in [1.29, 1.82) is 0 Å². The molecule has 35 heavy (non-hydrogen) atoms. The van der Waals surface area contributed by atoms with Gasteiger partial charge in [0.05, 0.1) is 16.8 Å². The summed E-state index contributed by atoms with van der Waals surface area (Å²) in [6, 6.07) is 17.1. The number of para-hydroxylation sites is 1. The van der Waals surface area contributed by atoms with Gasteiger partial charge in [0.15, 0.2) is 0 Å². The van der Waals surface area contributed by atoms with E-state index in [9.17, 15) is 27.6 Å². The first kappa shape index (κ1) is 25.2. The summed E-state index contributed by atoms with van der Waals surface area (Å²) in [6.45, 7) is 3.31. The predicted molar refractivity (Wildman–Crippen MR) is 123 cm³/mol. The molecule has 3 aromatic carbocycles. The third-order valence-electron chi connectivity index (χ3n) is 4.85. The molecule has 0 saturated carbocycles. The van der Waals surface area contributed by atoms with Crippen LogP contribution in [0.25, 0.3) is 0 Å². The molecule has 2 amide bonds. The first-order chi connectivity index (χ1) is 16.6. The Bertz CT molecular complexity index is 1290. The zero-order valence-electron chi connectivity index (χ0n) is 18.6. The number of benzene rings is 3. The van der Waals surface area contributed by atoms with Crippen molar-refractivity contribution in [3.63, 3.8) is 0 Å². The standard InChI is InChI=1S/C25H20F3N3O4/c1-15-7-3-4-8-19(15)24(34)35-21-10-6-5-9-20(21)16(2)30-31-23(33)22(32)29-18-13-11-17(12-14-18)25(26,27)28/h3-14H,1-2H3,(H,29,32)(H,31,33). The van der Waals surface area contributed by atoms with Crippen LogP contribution < -0.4 is 15.5 Å². The average Bonchev–Trinajstić information content (AvgIpc) is 2.82. The van der Waals surface area contributed by atoms with Gasteiger partial charge < -0.3 is 10.1 Å². The number of esters is 1. The van der Waals surface area contributed by atoms with Crippen molar-refractivity contribution in [3.05, 3.63) is 95.1 Å². The molecule has 2 N–H and O–H groups in total. The molecule has 0 fully saturated rings. The number of ether oxygens (including phenoxy) is 1. The largest absolute Gasteiger partial charge is 0.422 e. The fourth-order valence-electron chi connectivity index (χ4n) is 2.99. The second kappa shape index (κ2) is 10.6. The maximum atomic E-state index is 12.6. The smallest absolute Gasteiger partial charge is 0.416 e. The third-order valence-corrected chi connectivity index (χ3v) is 4.85. The van der Waals surface area contributed by atoms with Gasteiger partial charge in [0.1, 0.15) is 5.75 Å². The Balaban J connectivity index is 1.66. The molecule has 3 rings (SSSR count). The van der Waals surface area contributed by atoms with Crippen molar-refractivity contribution in [3.8, 4) is 5.75 Å². The van der Waals surface area contributed by atoms with Crippen LogP contribution in [-0.4, -0.2) is 23.5 Å². The molecule has 0 saturated heterocycles. The van der Waals surface area contributed by atoms with Crippen LogP contribution in [-0.2, 0) is 15.8 Å². The van der Waals surface area contributed by atoms with Crippen LogP contribution in [0.15, 0.2) is 77.9 Å². The number of aryl methyl sites for hydroxylation is 1. The van der Waals surface area contributed by atoms with E-state index in [1.807, 2.05) is 0 Å². The van der Waals surface area contributed by atoms with Crippen molar-refractivity contribution in [2.24, 2.45) is 5.10 Å². The number of amides is 2. The Hall–Kier alpha value is -4.47. The Morgan fingerprint density at radius 3 is 2.06 bits per heavy atom. The van der Waals surface area contributed by atoms with Crippen LogP contribution in [0.4, 0.5) is 18.9 Å². The number of alkyl halides is 3.